The lowest BCUT2D eigenvalue weighted by Crippen LogP contribution is -2.34. The van der Waals surface area contributed by atoms with Crippen molar-refractivity contribution in [2.75, 3.05) is 12.0 Å². The Morgan fingerprint density at radius 2 is 1.82 bits per heavy atom. The van der Waals surface area contributed by atoms with Crippen molar-refractivity contribution in [1.29, 1.82) is 0 Å². The summed E-state index contributed by atoms with van der Waals surface area (Å²) in [6.45, 7) is 7.91. The molecule has 17 heavy (non-hydrogen) atoms. The highest BCUT2D eigenvalue weighted by Crippen LogP contribution is 2.33. The van der Waals surface area contributed by atoms with Crippen molar-refractivity contribution in [3.05, 3.63) is 23.5 Å². The number of nitrogens with one attached hydrogen (secondary N) is 1. The van der Waals surface area contributed by atoms with E-state index < -0.39 is 0 Å². The molecule has 0 amide bonds. The van der Waals surface area contributed by atoms with Crippen LogP contribution in [0.3, 0.4) is 0 Å². The summed E-state index contributed by atoms with van der Waals surface area (Å²) in [6, 6.07) is 6.61. The minimum absolute atomic E-state index is 0.607. The molecule has 0 spiro atoms. The predicted molar refractivity (Wildman–Crippen MR) is 70.9 cm³/mol. The SMILES string of the molecule is Cc1ccc(C)n1NC1CC(C)N(C2CC2)C1. The van der Waals surface area contributed by atoms with Crippen LogP contribution in [0.5, 0.6) is 0 Å². The molecule has 1 aliphatic carbocycles. The highest BCUT2D eigenvalue weighted by molar-refractivity contribution is 5.16. The average molecular weight is 233 g/mol. The third kappa shape index (κ3) is 2.08. The Balaban J connectivity index is 1.67. The van der Waals surface area contributed by atoms with Gasteiger partial charge in [0.1, 0.15) is 0 Å². The predicted octanol–water partition coefficient (Wildman–Crippen LogP) is 2.27. The zero-order chi connectivity index (χ0) is 12.0. The molecule has 3 heteroatoms. The molecule has 94 valence electrons. The Morgan fingerprint density at radius 3 is 2.41 bits per heavy atom. The summed E-state index contributed by atoms with van der Waals surface area (Å²) in [4.78, 5) is 2.69. The maximum absolute atomic E-state index is 3.68. The van der Waals surface area contributed by atoms with Crippen molar-refractivity contribution >= 4 is 0 Å². The Labute approximate surface area is 104 Å². The van der Waals surface area contributed by atoms with Crippen LogP contribution in [0.2, 0.25) is 0 Å². The number of nitrogens with zero attached hydrogens (tertiary/aromatic N) is 2. The molecule has 1 aromatic heterocycles. The van der Waals surface area contributed by atoms with Crippen molar-refractivity contribution in [3.63, 3.8) is 0 Å². The van der Waals surface area contributed by atoms with Gasteiger partial charge in [-0.15, -0.1) is 0 Å². The second kappa shape index (κ2) is 4.05. The highest BCUT2D eigenvalue weighted by atomic mass is 15.4. The molecule has 2 aliphatic rings. The zero-order valence-corrected chi connectivity index (χ0v) is 11.1. The van der Waals surface area contributed by atoms with E-state index in [-0.39, 0.29) is 0 Å². The molecule has 2 unspecified atom stereocenters. The van der Waals surface area contributed by atoms with Gasteiger partial charge >= 0.3 is 0 Å². The summed E-state index contributed by atoms with van der Waals surface area (Å²) in [7, 11) is 0. The summed E-state index contributed by atoms with van der Waals surface area (Å²) >= 11 is 0. The molecule has 0 aromatic carbocycles. The zero-order valence-electron chi connectivity index (χ0n) is 11.1. The monoisotopic (exact) mass is 233 g/mol. The first-order valence-electron chi connectivity index (χ1n) is 6.82. The standard InChI is InChI=1S/C14H23N3/c1-10-4-5-11(2)17(10)15-13-8-12(3)16(9-13)14-6-7-14/h4-5,12-15H,6-9H2,1-3H3. The smallest absolute Gasteiger partial charge is 0.0566 e. The highest BCUT2D eigenvalue weighted by Gasteiger charge is 2.38. The van der Waals surface area contributed by atoms with Gasteiger partial charge in [-0.25, -0.2) is 0 Å². The van der Waals surface area contributed by atoms with Crippen molar-refractivity contribution in [1.82, 2.24) is 9.58 Å². The molecule has 0 radical (unpaired) electrons. The molecule has 3 nitrogen and oxygen atoms in total. The molecule has 2 atom stereocenters. The van der Waals surface area contributed by atoms with E-state index in [1.165, 1.54) is 37.2 Å². The molecule has 1 N–H and O–H groups in total. The van der Waals surface area contributed by atoms with Gasteiger partial charge in [-0.1, -0.05) is 0 Å². The summed E-state index contributed by atoms with van der Waals surface area (Å²) < 4.78 is 2.24. The number of hydrogen-bond acceptors (Lipinski definition) is 2. The summed E-state index contributed by atoms with van der Waals surface area (Å²) in [5.41, 5.74) is 6.29. The first-order valence-corrected chi connectivity index (χ1v) is 6.82. The number of rotatable bonds is 3. The van der Waals surface area contributed by atoms with Crippen LogP contribution < -0.4 is 5.43 Å². The molecular formula is C14H23N3. The minimum atomic E-state index is 0.607. The third-order valence-electron chi connectivity index (χ3n) is 4.22. The van der Waals surface area contributed by atoms with E-state index in [0.717, 1.165) is 12.1 Å². The van der Waals surface area contributed by atoms with Crippen LogP contribution in [0.4, 0.5) is 0 Å². The molecule has 1 aliphatic heterocycles. The number of aromatic nitrogens is 1. The summed E-state index contributed by atoms with van der Waals surface area (Å²) in [5, 5.41) is 0. The largest absolute Gasteiger partial charge is 0.322 e. The van der Waals surface area contributed by atoms with Crippen LogP contribution in [0, 0.1) is 13.8 Å². The van der Waals surface area contributed by atoms with Gasteiger partial charge < -0.3 is 5.43 Å². The van der Waals surface area contributed by atoms with Crippen LogP contribution in [-0.4, -0.2) is 34.2 Å². The van der Waals surface area contributed by atoms with Crippen LogP contribution in [0.15, 0.2) is 12.1 Å². The molecular weight excluding hydrogens is 210 g/mol. The van der Waals surface area contributed by atoms with E-state index in [1.54, 1.807) is 0 Å². The lowest BCUT2D eigenvalue weighted by atomic mass is 10.2. The molecule has 1 saturated carbocycles. The molecule has 2 fully saturated rings. The average Bonchev–Trinajstić information content (AvgIpc) is 3.01. The lowest BCUT2D eigenvalue weighted by molar-refractivity contribution is 0.257. The van der Waals surface area contributed by atoms with Gasteiger partial charge in [-0.3, -0.25) is 9.58 Å². The van der Waals surface area contributed by atoms with Crippen LogP contribution in [0.1, 0.15) is 37.6 Å². The maximum atomic E-state index is 3.68. The molecule has 2 heterocycles. The van der Waals surface area contributed by atoms with Crippen molar-refractivity contribution < 1.29 is 0 Å². The lowest BCUT2D eigenvalue weighted by Gasteiger charge is -2.21. The van der Waals surface area contributed by atoms with Gasteiger partial charge in [-0.2, -0.15) is 0 Å². The maximum Gasteiger partial charge on any atom is 0.0566 e. The van der Waals surface area contributed by atoms with E-state index in [4.69, 9.17) is 0 Å². The number of likely N-dealkylation sites (tertiary alicyclic amines) is 1. The fourth-order valence-corrected chi connectivity index (χ4v) is 3.12. The molecule has 1 saturated heterocycles. The van der Waals surface area contributed by atoms with Gasteiger partial charge in [0, 0.05) is 30.0 Å². The van der Waals surface area contributed by atoms with Gasteiger partial charge in [0.25, 0.3) is 0 Å². The van der Waals surface area contributed by atoms with Gasteiger partial charge in [0.05, 0.1) is 6.04 Å². The Hall–Kier alpha value is -0.960. The fourth-order valence-electron chi connectivity index (χ4n) is 3.12. The molecule has 0 bridgehead atoms. The van der Waals surface area contributed by atoms with Gasteiger partial charge in [0.2, 0.25) is 0 Å². The van der Waals surface area contributed by atoms with E-state index in [1.807, 2.05) is 0 Å². The van der Waals surface area contributed by atoms with Gasteiger partial charge in [0.15, 0.2) is 0 Å². The Bertz CT molecular complexity index is 386. The molecule has 3 rings (SSSR count). The first-order chi connectivity index (χ1) is 8.15. The fraction of sp³-hybridized carbons (Fsp3) is 0.714. The van der Waals surface area contributed by atoms with Crippen molar-refractivity contribution in [3.8, 4) is 0 Å². The number of hydrogen-bond donors (Lipinski definition) is 1. The van der Waals surface area contributed by atoms with E-state index in [0.29, 0.717) is 6.04 Å². The van der Waals surface area contributed by atoms with E-state index in [9.17, 15) is 0 Å². The minimum Gasteiger partial charge on any atom is -0.322 e. The van der Waals surface area contributed by atoms with E-state index in [2.05, 4.69) is 47.9 Å². The Morgan fingerprint density at radius 1 is 1.18 bits per heavy atom. The van der Waals surface area contributed by atoms with Crippen LogP contribution >= 0.6 is 0 Å². The quantitative estimate of drug-likeness (QED) is 0.864. The first kappa shape index (κ1) is 11.1. The van der Waals surface area contributed by atoms with E-state index >= 15 is 0 Å². The Kier molecular flexibility index (Phi) is 2.66. The van der Waals surface area contributed by atoms with Crippen molar-refractivity contribution in [2.45, 2.75) is 58.2 Å². The third-order valence-corrected chi connectivity index (χ3v) is 4.22. The number of aryl methyl sites for hydroxylation is 2. The van der Waals surface area contributed by atoms with Crippen LogP contribution in [-0.2, 0) is 0 Å². The van der Waals surface area contributed by atoms with Crippen LogP contribution in [0.25, 0.3) is 0 Å². The molecule has 1 aromatic rings. The summed E-state index contributed by atoms with van der Waals surface area (Å²) in [5.74, 6) is 0. The van der Waals surface area contributed by atoms with Gasteiger partial charge in [-0.05, 0) is 52.2 Å². The second-order valence-corrected chi connectivity index (χ2v) is 5.79. The topological polar surface area (TPSA) is 20.2 Å². The van der Waals surface area contributed by atoms with Crippen molar-refractivity contribution in [2.24, 2.45) is 0 Å². The normalized spacial score (nSPS) is 29.8. The summed E-state index contributed by atoms with van der Waals surface area (Å²) in [6.07, 6.45) is 4.10. The second-order valence-electron chi connectivity index (χ2n) is 5.79.